The van der Waals surface area contributed by atoms with Gasteiger partial charge in [0.1, 0.15) is 11.4 Å². The van der Waals surface area contributed by atoms with E-state index in [1.807, 2.05) is 16.9 Å². The molecule has 0 amide bonds. The van der Waals surface area contributed by atoms with Crippen LogP contribution in [-0.4, -0.2) is 34.4 Å². The quantitative estimate of drug-likeness (QED) is 0.792. The number of ether oxygens (including phenoxy) is 2. The smallest absolute Gasteiger partial charge is 0.158 e. The fourth-order valence-electron chi connectivity index (χ4n) is 3.57. The van der Waals surface area contributed by atoms with Crippen LogP contribution in [0, 0.1) is 0 Å². The molecule has 0 radical (unpaired) electrons. The first-order valence-corrected chi connectivity index (χ1v) is 8.25. The van der Waals surface area contributed by atoms with Gasteiger partial charge >= 0.3 is 0 Å². The normalized spacial score (nSPS) is 24.7. The molecule has 1 aliphatic rings. The Hall–Kier alpha value is -1.88. The first-order valence-electron chi connectivity index (χ1n) is 8.25. The molecule has 0 spiro atoms. The van der Waals surface area contributed by atoms with Crippen LogP contribution in [0.15, 0.2) is 30.8 Å². The lowest BCUT2D eigenvalue weighted by Crippen LogP contribution is -2.38. The summed E-state index contributed by atoms with van der Waals surface area (Å²) >= 11 is 0. The third-order valence-corrected chi connectivity index (χ3v) is 5.20. The zero-order valence-electron chi connectivity index (χ0n) is 14.2. The molecule has 0 bridgehead atoms. The highest BCUT2D eigenvalue weighted by molar-refractivity contribution is 5.46. The monoisotopic (exact) mass is 315 g/mol. The molecule has 2 heterocycles. The van der Waals surface area contributed by atoms with E-state index in [4.69, 9.17) is 14.5 Å². The Kier molecular flexibility index (Phi) is 4.39. The van der Waals surface area contributed by atoms with E-state index in [-0.39, 0.29) is 5.60 Å². The Morgan fingerprint density at radius 3 is 2.74 bits per heavy atom. The van der Waals surface area contributed by atoms with Crippen LogP contribution in [0.2, 0.25) is 0 Å². The maximum atomic E-state index is 5.75. The molecule has 23 heavy (non-hydrogen) atoms. The van der Waals surface area contributed by atoms with Crippen molar-refractivity contribution in [3.8, 4) is 0 Å². The summed E-state index contributed by atoms with van der Waals surface area (Å²) < 4.78 is 13.0. The van der Waals surface area contributed by atoms with Gasteiger partial charge in [0.05, 0.1) is 13.3 Å². The van der Waals surface area contributed by atoms with Gasteiger partial charge in [0.15, 0.2) is 5.65 Å². The molecule has 0 saturated heterocycles. The average Bonchev–Trinajstić information content (AvgIpc) is 3.03. The summed E-state index contributed by atoms with van der Waals surface area (Å²) in [7, 11) is 3.41. The molecule has 1 aliphatic carbocycles. The van der Waals surface area contributed by atoms with Crippen LogP contribution in [0.5, 0.6) is 0 Å². The summed E-state index contributed by atoms with van der Waals surface area (Å²) in [6, 6.07) is 2.09. The van der Waals surface area contributed by atoms with Gasteiger partial charge in [-0.3, -0.25) is 0 Å². The van der Waals surface area contributed by atoms with E-state index < -0.39 is 0 Å². The van der Waals surface area contributed by atoms with Crippen molar-refractivity contribution in [3.63, 3.8) is 0 Å². The summed E-state index contributed by atoms with van der Waals surface area (Å²) in [5, 5.41) is 4.35. The molecule has 124 valence electrons. The standard InChI is InChI=1S/C18H25N3O2/c1-5-14-12-19-21-11-8-16(20-17(14)21)15-6-9-18(23-4,10-7-15)13(2)22-3/h8,11-12,15H,2,5-7,9-10H2,1,3-4H3. The summed E-state index contributed by atoms with van der Waals surface area (Å²) in [5.74, 6) is 1.18. The van der Waals surface area contributed by atoms with E-state index in [0.717, 1.165) is 49.2 Å². The molecule has 5 heteroatoms. The van der Waals surface area contributed by atoms with Gasteiger partial charge in [-0.15, -0.1) is 0 Å². The lowest BCUT2D eigenvalue weighted by atomic mass is 9.76. The number of aromatic nitrogens is 3. The number of fused-ring (bicyclic) bond motifs is 1. The molecule has 2 aromatic heterocycles. The van der Waals surface area contributed by atoms with Crippen molar-refractivity contribution in [1.82, 2.24) is 14.6 Å². The number of hydrogen-bond donors (Lipinski definition) is 0. The SMILES string of the molecule is C=C(OC)C1(OC)CCC(c2ccn3ncc(CC)c3n2)CC1. The summed E-state index contributed by atoms with van der Waals surface area (Å²) in [6.45, 7) is 6.15. The van der Waals surface area contributed by atoms with Crippen molar-refractivity contribution in [2.24, 2.45) is 0 Å². The number of nitrogens with zero attached hydrogens (tertiary/aromatic N) is 3. The van der Waals surface area contributed by atoms with Gasteiger partial charge in [0.25, 0.3) is 0 Å². The van der Waals surface area contributed by atoms with Crippen LogP contribution in [-0.2, 0) is 15.9 Å². The number of rotatable bonds is 5. The largest absolute Gasteiger partial charge is 0.499 e. The molecule has 0 aliphatic heterocycles. The molecule has 1 saturated carbocycles. The van der Waals surface area contributed by atoms with Crippen molar-refractivity contribution < 1.29 is 9.47 Å². The molecule has 1 fully saturated rings. The third kappa shape index (κ3) is 2.74. The summed E-state index contributed by atoms with van der Waals surface area (Å²) in [6.07, 6.45) is 8.74. The first kappa shape index (κ1) is 16.0. The van der Waals surface area contributed by atoms with Gasteiger partial charge in [0, 0.05) is 30.5 Å². The molecule has 0 aromatic carbocycles. The van der Waals surface area contributed by atoms with Crippen LogP contribution in [0.3, 0.4) is 0 Å². The van der Waals surface area contributed by atoms with Crippen molar-refractivity contribution in [3.05, 3.63) is 42.1 Å². The molecule has 3 rings (SSSR count). The van der Waals surface area contributed by atoms with Crippen LogP contribution >= 0.6 is 0 Å². The van der Waals surface area contributed by atoms with Gasteiger partial charge in [0.2, 0.25) is 0 Å². The first-order chi connectivity index (χ1) is 11.1. The predicted molar refractivity (Wildman–Crippen MR) is 89.5 cm³/mol. The van der Waals surface area contributed by atoms with Gasteiger partial charge < -0.3 is 9.47 Å². The molecule has 0 N–H and O–H groups in total. The van der Waals surface area contributed by atoms with Crippen LogP contribution in [0.4, 0.5) is 0 Å². The van der Waals surface area contributed by atoms with E-state index in [2.05, 4.69) is 24.7 Å². The van der Waals surface area contributed by atoms with Gasteiger partial charge in [-0.05, 0) is 38.2 Å². The zero-order valence-corrected chi connectivity index (χ0v) is 14.2. The molecule has 2 aromatic rings. The predicted octanol–water partition coefficient (Wildman–Crippen LogP) is 3.49. The van der Waals surface area contributed by atoms with E-state index in [1.54, 1.807) is 14.2 Å². The van der Waals surface area contributed by atoms with Gasteiger partial charge in [-0.25, -0.2) is 9.50 Å². The van der Waals surface area contributed by atoms with E-state index in [9.17, 15) is 0 Å². The van der Waals surface area contributed by atoms with Gasteiger partial charge in [-0.2, -0.15) is 5.10 Å². The average molecular weight is 315 g/mol. The zero-order chi connectivity index (χ0) is 16.4. The number of methoxy groups -OCH3 is 2. The Morgan fingerprint density at radius 1 is 1.39 bits per heavy atom. The van der Waals surface area contributed by atoms with E-state index in [0.29, 0.717) is 5.92 Å². The lowest BCUT2D eigenvalue weighted by Gasteiger charge is -2.39. The molecule has 0 atom stereocenters. The Morgan fingerprint density at radius 2 is 2.13 bits per heavy atom. The van der Waals surface area contributed by atoms with Crippen molar-refractivity contribution in [2.75, 3.05) is 14.2 Å². The maximum absolute atomic E-state index is 5.75. The van der Waals surface area contributed by atoms with Crippen LogP contribution < -0.4 is 0 Å². The number of hydrogen-bond acceptors (Lipinski definition) is 4. The number of aryl methyl sites for hydroxylation is 1. The van der Waals surface area contributed by atoms with Gasteiger partial charge in [-0.1, -0.05) is 13.5 Å². The van der Waals surface area contributed by atoms with Crippen LogP contribution in [0.25, 0.3) is 5.65 Å². The van der Waals surface area contributed by atoms with Crippen molar-refractivity contribution in [2.45, 2.75) is 50.5 Å². The summed E-state index contributed by atoms with van der Waals surface area (Å²) in [5.41, 5.74) is 2.98. The highest BCUT2D eigenvalue weighted by Gasteiger charge is 2.39. The molecular weight excluding hydrogens is 290 g/mol. The minimum atomic E-state index is -0.347. The summed E-state index contributed by atoms with van der Waals surface area (Å²) in [4.78, 5) is 4.87. The second kappa shape index (κ2) is 6.32. The molecular formula is C18H25N3O2. The highest BCUT2D eigenvalue weighted by atomic mass is 16.5. The Balaban J connectivity index is 1.81. The van der Waals surface area contributed by atoms with Crippen molar-refractivity contribution >= 4 is 5.65 Å². The fraction of sp³-hybridized carbons (Fsp3) is 0.556. The molecule has 0 unspecified atom stereocenters. The van der Waals surface area contributed by atoms with E-state index in [1.165, 1.54) is 5.56 Å². The molecule has 5 nitrogen and oxygen atoms in total. The Bertz CT molecular complexity index is 699. The third-order valence-electron chi connectivity index (χ3n) is 5.20. The van der Waals surface area contributed by atoms with Crippen molar-refractivity contribution in [1.29, 1.82) is 0 Å². The second-order valence-electron chi connectivity index (χ2n) is 6.24. The van der Waals surface area contributed by atoms with Crippen LogP contribution in [0.1, 0.15) is 49.8 Å². The maximum Gasteiger partial charge on any atom is 0.158 e. The topological polar surface area (TPSA) is 48.7 Å². The fourth-order valence-corrected chi connectivity index (χ4v) is 3.57. The Labute approximate surface area is 137 Å². The second-order valence-corrected chi connectivity index (χ2v) is 6.24. The minimum absolute atomic E-state index is 0.347. The minimum Gasteiger partial charge on any atom is -0.499 e. The lowest BCUT2D eigenvalue weighted by molar-refractivity contribution is -0.0472. The highest BCUT2D eigenvalue weighted by Crippen LogP contribution is 2.42. The van der Waals surface area contributed by atoms with E-state index >= 15 is 0 Å².